The van der Waals surface area contributed by atoms with Crippen LogP contribution >= 0.6 is 0 Å². The quantitative estimate of drug-likeness (QED) is 0.223. The molecule has 6 aromatic rings. The van der Waals surface area contributed by atoms with Gasteiger partial charge in [-0.25, -0.2) is 0 Å². The fraction of sp³-hybridized carbons (Fsp3) is 0.133. The summed E-state index contributed by atoms with van der Waals surface area (Å²) in [6.45, 7) is 8.75. The van der Waals surface area contributed by atoms with Crippen molar-refractivity contribution in [3.63, 3.8) is 0 Å². The zero-order valence-electron chi connectivity index (χ0n) is 20.8. The molecule has 2 heterocycles. The molecule has 0 fully saturated rings. The van der Waals surface area contributed by atoms with Crippen molar-refractivity contribution in [2.45, 2.75) is 26.9 Å². The zero-order valence-corrected chi connectivity index (χ0v) is 25.8. The van der Waals surface area contributed by atoms with Crippen LogP contribution in [0, 0.1) is 13.8 Å². The van der Waals surface area contributed by atoms with Gasteiger partial charge in [-0.15, -0.1) is 57.9 Å². The first-order valence-corrected chi connectivity index (χ1v) is 17.5. The minimum atomic E-state index is 0. The Labute approximate surface area is 240 Å². The Morgan fingerprint density at radius 1 is 0.639 bits per heavy atom. The normalized spacial score (nSPS) is 9.94. The van der Waals surface area contributed by atoms with Crippen LogP contribution in [0.2, 0.25) is 13.1 Å². The van der Waals surface area contributed by atoms with Crippen LogP contribution in [0.1, 0.15) is 11.1 Å². The zero-order chi connectivity index (χ0) is 24.1. The van der Waals surface area contributed by atoms with Crippen molar-refractivity contribution in [3.8, 4) is 22.6 Å². The Morgan fingerprint density at radius 3 is 1.31 bits per heavy atom. The van der Waals surface area contributed by atoms with Crippen molar-refractivity contribution in [1.29, 1.82) is 0 Å². The van der Waals surface area contributed by atoms with Crippen LogP contribution < -0.4 is 24.8 Å². The maximum absolute atomic E-state index is 5.48. The van der Waals surface area contributed by atoms with E-state index in [4.69, 9.17) is 8.83 Å². The number of aryl methyl sites for hydroxylation is 2. The molecule has 6 heteroatoms. The van der Waals surface area contributed by atoms with Crippen molar-refractivity contribution in [1.82, 2.24) is 0 Å². The van der Waals surface area contributed by atoms with E-state index in [1.165, 1.54) is 43.8 Å². The van der Waals surface area contributed by atoms with Gasteiger partial charge in [-0.05, 0) is 37.1 Å². The number of fused-ring (bicyclic) bond motifs is 2. The van der Waals surface area contributed by atoms with Gasteiger partial charge in [0, 0.05) is 0 Å². The molecule has 0 atom stereocenters. The summed E-state index contributed by atoms with van der Waals surface area (Å²) in [7, 11) is 0. The van der Waals surface area contributed by atoms with Crippen LogP contribution in [0.5, 0.6) is 0 Å². The monoisotopic (exact) mass is 608 g/mol. The molecule has 0 saturated heterocycles. The second-order valence-corrected chi connectivity index (χ2v) is 18.0. The van der Waals surface area contributed by atoms with Gasteiger partial charge in [0.1, 0.15) is 0 Å². The van der Waals surface area contributed by atoms with E-state index in [1.807, 2.05) is 12.1 Å². The average Bonchev–Trinajstić information content (AvgIpc) is 3.58. The van der Waals surface area contributed by atoms with Gasteiger partial charge < -0.3 is 33.6 Å². The third-order valence-electron chi connectivity index (χ3n) is 5.48. The second-order valence-electron chi connectivity index (χ2n) is 8.61. The van der Waals surface area contributed by atoms with Gasteiger partial charge in [-0.2, -0.15) is 0 Å². The van der Waals surface area contributed by atoms with Gasteiger partial charge in [-0.1, -0.05) is 47.5 Å². The smallest absolute Gasteiger partial charge is 0.0799 e. The Balaban J connectivity index is 0.000000211. The Kier molecular flexibility index (Phi) is 11.7. The fourth-order valence-electron chi connectivity index (χ4n) is 3.90. The van der Waals surface area contributed by atoms with E-state index >= 15 is 0 Å². The summed E-state index contributed by atoms with van der Waals surface area (Å²) in [5.41, 5.74) is 4.91. The molecule has 36 heavy (non-hydrogen) atoms. The van der Waals surface area contributed by atoms with Crippen LogP contribution in [0.3, 0.4) is 0 Å². The molecule has 0 aliphatic rings. The Hall–Kier alpha value is -2.10. The van der Waals surface area contributed by atoms with E-state index < -0.39 is 0 Å². The number of benzene rings is 2. The van der Waals surface area contributed by atoms with E-state index in [0.717, 1.165) is 11.5 Å². The third-order valence-corrected chi connectivity index (χ3v) is 5.48. The van der Waals surface area contributed by atoms with Gasteiger partial charge in [0.05, 0.1) is 24.0 Å². The maximum Gasteiger partial charge on any atom is 0.0799 e. The predicted octanol–water partition coefficient (Wildman–Crippen LogP) is 3.05. The minimum absolute atomic E-state index is 0. The standard InChI is InChI=1S/2C14H11O.C2H6Si.2ClH.Zr/c2*1-10-6-7-15-14(10)13-8-11-4-2-3-5-12(11)9-13;1-3-2;;;/h2*2-9H,1H3;1-2H3;2*1H;/q2*-1;;;;+2/p-2. The van der Waals surface area contributed by atoms with Crippen molar-refractivity contribution >= 4 is 27.0 Å². The van der Waals surface area contributed by atoms with E-state index in [9.17, 15) is 0 Å². The van der Waals surface area contributed by atoms with E-state index in [-0.39, 0.29) is 30.2 Å². The van der Waals surface area contributed by atoms with Crippen LogP contribution in [-0.4, -0.2) is 5.43 Å². The van der Waals surface area contributed by atoms with Crippen LogP contribution in [0.4, 0.5) is 0 Å². The van der Waals surface area contributed by atoms with Gasteiger partial charge in [0.2, 0.25) is 0 Å². The molecule has 184 valence electrons. The number of halogens is 2. The molecule has 4 aromatic carbocycles. The average molecular weight is 611 g/mol. The summed E-state index contributed by atoms with van der Waals surface area (Å²) < 4.78 is 11.0. The number of hydrogen-bond donors (Lipinski definition) is 0. The molecule has 2 nitrogen and oxygen atoms in total. The summed E-state index contributed by atoms with van der Waals surface area (Å²) in [5, 5.41) is 5.07. The van der Waals surface area contributed by atoms with Crippen molar-refractivity contribution in [2.24, 2.45) is 0 Å². The van der Waals surface area contributed by atoms with Crippen LogP contribution in [-0.2, 0) is 23.3 Å². The molecule has 0 spiro atoms. The molecular weight excluding hydrogens is 583 g/mol. The molecular formula is C30H28Cl2O2SiZr-2. The molecule has 0 amide bonds. The second kappa shape index (κ2) is 14.0. The summed E-state index contributed by atoms with van der Waals surface area (Å²) in [5.74, 6) is 1.96. The molecule has 0 radical (unpaired) electrons. The number of hydrogen-bond acceptors (Lipinski definition) is 2. The molecule has 0 bridgehead atoms. The largest absolute Gasteiger partial charge is 1.00 e. The topological polar surface area (TPSA) is 26.3 Å². The molecule has 0 unspecified atom stereocenters. The Morgan fingerprint density at radius 2 is 1.00 bits per heavy atom. The first-order chi connectivity index (χ1) is 16.4. The van der Waals surface area contributed by atoms with Crippen molar-refractivity contribution < 1.29 is 57.0 Å². The summed E-state index contributed by atoms with van der Waals surface area (Å²) in [6.07, 6.45) is 3.48. The predicted molar refractivity (Wildman–Crippen MR) is 141 cm³/mol. The summed E-state index contributed by atoms with van der Waals surface area (Å²) in [4.78, 5) is 0. The van der Waals surface area contributed by atoms with Gasteiger partial charge in [0.15, 0.2) is 0 Å². The molecule has 2 aromatic heterocycles. The van der Waals surface area contributed by atoms with Gasteiger partial charge >= 0.3 is 41.9 Å². The number of rotatable bonds is 2. The van der Waals surface area contributed by atoms with Crippen molar-refractivity contribution in [3.05, 3.63) is 109 Å². The molecule has 0 aliphatic carbocycles. The summed E-state index contributed by atoms with van der Waals surface area (Å²) >= 11 is 1.74. The molecule has 0 saturated carbocycles. The summed E-state index contributed by atoms with van der Waals surface area (Å²) in [6, 6.07) is 29.4. The van der Waals surface area contributed by atoms with E-state index in [1.54, 1.807) is 35.9 Å². The van der Waals surface area contributed by atoms with Crippen LogP contribution in [0.15, 0.2) is 106 Å². The maximum atomic E-state index is 5.48. The molecule has 0 N–H and O–H groups in total. The Bertz CT molecular complexity index is 1360. The third kappa shape index (κ3) is 7.46. The van der Waals surface area contributed by atoms with Gasteiger partial charge in [0.25, 0.3) is 0 Å². The molecule has 0 aliphatic heterocycles. The van der Waals surface area contributed by atoms with E-state index in [0.29, 0.717) is 0 Å². The SMILES string of the molecule is C[Si](C)=[Zr+2].Cc1ccoc1-c1cc2ccccc2[cH-]1.Cc1ccoc1-c1cc2ccccc2[cH-]1.[Cl-].[Cl-]. The first-order valence-electron chi connectivity index (χ1n) is 11.3. The fourth-order valence-corrected chi connectivity index (χ4v) is 3.90. The van der Waals surface area contributed by atoms with Crippen molar-refractivity contribution in [2.75, 3.05) is 0 Å². The van der Waals surface area contributed by atoms with Gasteiger partial charge in [-0.3, -0.25) is 0 Å². The number of furan rings is 2. The molecule has 6 rings (SSSR count). The van der Waals surface area contributed by atoms with E-state index in [2.05, 4.69) is 99.7 Å². The minimum Gasteiger partial charge on any atom is -1.00 e. The van der Waals surface area contributed by atoms with Crippen LogP contribution in [0.25, 0.3) is 44.2 Å². The first kappa shape index (κ1) is 30.1.